The number of halogens is 3. The molecule has 0 radical (unpaired) electrons. The normalized spacial score (nSPS) is 13.1. The molecule has 1 rings (SSSR count). The van der Waals surface area contributed by atoms with Gasteiger partial charge in [0.2, 0.25) is 5.91 Å². The van der Waals surface area contributed by atoms with Crippen molar-refractivity contribution in [1.82, 2.24) is 0 Å². The highest BCUT2D eigenvalue weighted by molar-refractivity contribution is 7.90. The SMILES string of the molecule is CS(=O)(=O)CCC(N)C(=O)Nc1cc(F)c(F)cc1F. The molecule has 0 aromatic heterocycles. The Morgan fingerprint density at radius 1 is 1.25 bits per heavy atom. The molecule has 0 saturated carbocycles. The minimum Gasteiger partial charge on any atom is -0.322 e. The predicted molar refractivity (Wildman–Crippen MR) is 67.2 cm³/mol. The summed E-state index contributed by atoms with van der Waals surface area (Å²) in [5.74, 6) is -5.08. The van der Waals surface area contributed by atoms with Gasteiger partial charge in [-0.2, -0.15) is 0 Å². The van der Waals surface area contributed by atoms with E-state index in [1.54, 1.807) is 0 Å². The van der Waals surface area contributed by atoms with E-state index < -0.39 is 44.9 Å². The van der Waals surface area contributed by atoms with Gasteiger partial charge in [0.05, 0.1) is 17.5 Å². The van der Waals surface area contributed by atoms with Crippen molar-refractivity contribution in [2.75, 3.05) is 17.3 Å². The molecule has 1 atom stereocenters. The Labute approximate surface area is 113 Å². The van der Waals surface area contributed by atoms with Crippen molar-refractivity contribution in [3.05, 3.63) is 29.6 Å². The van der Waals surface area contributed by atoms with Crippen molar-refractivity contribution in [2.45, 2.75) is 12.5 Å². The lowest BCUT2D eigenvalue weighted by atomic mass is 10.2. The van der Waals surface area contributed by atoms with E-state index in [1.165, 1.54) is 0 Å². The number of hydrogen-bond acceptors (Lipinski definition) is 4. The van der Waals surface area contributed by atoms with Crippen molar-refractivity contribution in [1.29, 1.82) is 0 Å². The van der Waals surface area contributed by atoms with Crippen LogP contribution >= 0.6 is 0 Å². The second kappa shape index (κ2) is 6.23. The first-order valence-corrected chi connectivity index (χ1v) is 7.55. The lowest BCUT2D eigenvalue weighted by Crippen LogP contribution is -2.37. The summed E-state index contributed by atoms with van der Waals surface area (Å²) in [7, 11) is -3.29. The minimum absolute atomic E-state index is 0.171. The van der Waals surface area contributed by atoms with Crippen LogP contribution in [0.15, 0.2) is 12.1 Å². The van der Waals surface area contributed by atoms with Crippen LogP contribution in [0.5, 0.6) is 0 Å². The summed E-state index contributed by atoms with van der Waals surface area (Å²) in [6.07, 6.45) is 0.808. The molecule has 0 aliphatic heterocycles. The molecule has 1 amide bonds. The molecule has 0 fully saturated rings. The van der Waals surface area contributed by atoms with Crippen LogP contribution in [-0.2, 0) is 14.6 Å². The molecular formula is C11H13F3N2O3S. The Morgan fingerprint density at radius 3 is 2.35 bits per heavy atom. The van der Waals surface area contributed by atoms with E-state index in [9.17, 15) is 26.4 Å². The number of sulfone groups is 1. The molecule has 1 unspecified atom stereocenters. The largest absolute Gasteiger partial charge is 0.322 e. The summed E-state index contributed by atoms with van der Waals surface area (Å²) >= 11 is 0. The van der Waals surface area contributed by atoms with E-state index >= 15 is 0 Å². The lowest BCUT2D eigenvalue weighted by Gasteiger charge is -2.12. The highest BCUT2D eigenvalue weighted by Crippen LogP contribution is 2.18. The second-order valence-electron chi connectivity index (χ2n) is 4.26. The first-order chi connectivity index (χ1) is 9.10. The highest BCUT2D eigenvalue weighted by atomic mass is 32.2. The van der Waals surface area contributed by atoms with Gasteiger partial charge in [-0.3, -0.25) is 4.79 Å². The molecule has 0 spiro atoms. The van der Waals surface area contributed by atoms with E-state index in [2.05, 4.69) is 0 Å². The number of carbonyl (C=O) groups is 1. The molecule has 20 heavy (non-hydrogen) atoms. The number of nitrogens with one attached hydrogen (secondary N) is 1. The zero-order valence-electron chi connectivity index (χ0n) is 10.5. The minimum atomic E-state index is -3.29. The van der Waals surface area contributed by atoms with E-state index in [1.807, 2.05) is 5.32 Å². The monoisotopic (exact) mass is 310 g/mol. The fourth-order valence-electron chi connectivity index (χ4n) is 1.32. The zero-order valence-corrected chi connectivity index (χ0v) is 11.3. The fourth-order valence-corrected chi connectivity index (χ4v) is 2.00. The second-order valence-corrected chi connectivity index (χ2v) is 6.52. The van der Waals surface area contributed by atoms with Crippen LogP contribution in [0.3, 0.4) is 0 Å². The maximum Gasteiger partial charge on any atom is 0.241 e. The van der Waals surface area contributed by atoms with Gasteiger partial charge < -0.3 is 11.1 Å². The average molecular weight is 310 g/mol. The Balaban J connectivity index is 2.73. The summed E-state index contributed by atoms with van der Waals surface area (Å²) in [6.45, 7) is 0. The molecule has 1 aromatic rings. The number of hydrogen-bond donors (Lipinski definition) is 2. The summed E-state index contributed by atoms with van der Waals surface area (Å²) in [5, 5.41) is 1.97. The van der Waals surface area contributed by atoms with Gasteiger partial charge in [-0.15, -0.1) is 0 Å². The first kappa shape index (κ1) is 16.4. The average Bonchev–Trinajstić information content (AvgIpc) is 2.31. The van der Waals surface area contributed by atoms with Crippen LogP contribution in [0.1, 0.15) is 6.42 Å². The first-order valence-electron chi connectivity index (χ1n) is 5.49. The third kappa shape index (κ3) is 4.82. The number of nitrogens with two attached hydrogens (primary N) is 1. The molecule has 5 nitrogen and oxygen atoms in total. The van der Waals surface area contributed by atoms with Gasteiger partial charge in [-0.1, -0.05) is 0 Å². The Kier molecular flexibility index (Phi) is 5.12. The van der Waals surface area contributed by atoms with Crippen molar-refractivity contribution in [2.24, 2.45) is 5.73 Å². The van der Waals surface area contributed by atoms with Crippen molar-refractivity contribution < 1.29 is 26.4 Å². The van der Waals surface area contributed by atoms with Crippen molar-refractivity contribution >= 4 is 21.4 Å². The Bertz CT molecular complexity index is 620. The number of benzene rings is 1. The summed E-state index contributed by atoms with van der Waals surface area (Å²) in [4.78, 5) is 11.6. The molecule has 3 N–H and O–H groups in total. The lowest BCUT2D eigenvalue weighted by molar-refractivity contribution is -0.117. The number of anilines is 1. The van der Waals surface area contributed by atoms with E-state index in [4.69, 9.17) is 5.73 Å². The third-order valence-corrected chi connectivity index (χ3v) is 3.38. The maximum atomic E-state index is 13.3. The Morgan fingerprint density at radius 2 is 1.80 bits per heavy atom. The molecule has 0 heterocycles. The molecule has 9 heteroatoms. The number of rotatable bonds is 5. The zero-order chi connectivity index (χ0) is 15.5. The predicted octanol–water partition coefficient (Wildman–Crippen LogP) is 0.804. The quantitative estimate of drug-likeness (QED) is 0.787. The maximum absolute atomic E-state index is 13.3. The van der Waals surface area contributed by atoms with Gasteiger partial charge in [0.25, 0.3) is 0 Å². The highest BCUT2D eigenvalue weighted by Gasteiger charge is 2.18. The van der Waals surface area contributed by atoms with Crippen LogP contribution in [-0.4, -0.2) is 32.4 Å². The summed E-state index contributed by atoms with van der Waals surface area (Å²) in [5.41, 5.74) is 4.86. The van der Waals surface area contributed by atoms with Gasteiger partial charge in [-0.05, 0) is 6.42 Å². The molecule has 0 bridgehead atoms. The summed E-state index contributed by atoms with van der Waals surface area (Å²) in [6, 6.07) is -0.448. The number of carbonyl (C=O) groups excluding carboxylic acids is 1. The van der Waals surface area contributed by atoms with Gasteiger partial charge in [-0.25, -0.2) is 21.6 Å². The van der Waals surface area contributed by atoms with Crippen LogP contribution in [0.25, 0.3) is 0 Å². The molecular weight excluding hydrogens is 297 g/mol. The summed E-state index contributed by atoms with van der Waals surface area (Å²) < 4.78 is 60.7. The number of amides is 1. The molecule has 112 valence electrons. The topological polar surface area (TPSA) is 89.3 Å². The van der Waals surface area contributed by atoms with Crippen molar-refractivity contribution in [3.8, 4) is 0 Å². The molecule has 0 aliphatic carbocycles. The van der Waals surface area contributed by atoms with E-state index in [0.29, 0.717) is 6.07 Å². The van der Waals surface area contributed by atoms with Gasteiger partial charge >= 0.3 is 0 Å². The van der Waals surface area contributed by atoms with Crippen molar-refractivity contribution in [3.63, 3.8) is 0 Å². The van der Waals surface area contributed by atoms with E-state index in [0.717, 1.165) is 6.26 Å². The van der Waals surface area contributed by atoms with Gasteiger partial charge in [0.1, 0.15) is 15.7 Å². The fraction of sp³-hybridized carbons (Fsp3) is 0.364. The standard InChI is InChI=1S/C11H13F3N2O3S/c1-20(18,19)3-2-9(15)11(17)16-10-5-7(13)6(12)4-8(10)14/h4-5,9H,2-3,15H2,1H3,(H,16,17). The Hall–Kier alpha value is -1.61. The van der Waals surface area contributed by atoms with Gasteiger partial charge in [0.15, 0.2) is 11.6 Å². The molecule has 0 aliphatic rings. The molecule has 0 saturated heterocycles. The molecule has 1 aromatic carbocycles. The third-order valence-electron chi connectivity index (χ3n) is 2.40. The van der Waals surface area contributed by atoms with Crippen LogP contribution < -0.4 is 11.1 Å². The van der Waals surface area contributed by atoms with E-state index in [-0.39, 0.29) is 18.2 Å². The van der Waals surface area contributed by atoms with Crippen LogP contribution in [0.4, 0.5) is 18.9 Å². The van der Waals surface area contributed by atoms with Crippen LogP contribution in [0, 0.1) is 17.5 Å². The van der Waals surface area contributed by atoms with Crippen LogP contribution in [0.2, 0.25) is 0 Å². The smallest absolute Gasteiger partial charge is 0.241 e. The van der Waals surface area contributed by atoms with Gasteiger partial charge in [0, 0.05) is 18.4 Å².